The second-order valence-corrected chi connectivity index (χ2v) is 3.34. The third-order valence-electron chi connectivity index (χ3n) is 2.20. The van der Waals surface area contributed by atoms with Crippen LogP contribution in [-0.4, -0.2) is 12.6 Å². The van der Waals surface area contributed by atoms with Crippen LogP contribution in [-0.2, 0) is 22.5 Å². The number of benzene rings is 1. The van der Waals surface area contributed by atoms with E-state index in [0.717, 1.165) is 17.5 Å². The normalized spacial score (nSPS) is 10.0. The highest BCUT2D eigenvalue weighted by molar-refractivity contribution is 5.68. The van der Waals surface area contributed by atoms with E-state index in [9.17, 15) is 4.79 Å². The van der Waals surface area contributed by atoms with Crippen LogP contribution >= 0.6 is 0 Å². The Kier molecular flexibility index (Phi) is 4.84. The molecule has 2 N–H and O–H groups in total. The number of nitrogens with two attached hydrogens (primary N) is 1. The molecule has 0 saturated carbocycles. The predicted octanol–water partition coefficient (Wildman–Crippen LogP) is 1.64. The van der Waals surface area contributed by atoms with Gasteiger partial charge in [0.25, 0.3) is 0 Å². The first-order valence-corrected chi connectivity index (χ1v) is 5.19. The van der Waals surface area contributed by atoms with Gasteiger partial charge >= 0.3 is 5.97 Å². The molecule has 3 nitrogen and oxygen atoms in total. The van der Waals surface area contributed by atoms with Crippen molar-refractivity contribution in [3.63, 3.8) is 0 Å². The number of rotatable bonds is 5. The summed E-state index contributed by atoms with van der Waals surface area (Å²) in [6.45, 7) is 2.80. The standard InChI is InChI=1S/C12H17NO2/c1-2-12(14)15-8-7-10-3-5-11(9-13)6-4-10/h3-6H,2,7-9,13H2,1H3. The molecule has 15 heavy (non-hydrogen) atoms. The Morgan fingerprint density at radius 1 is 1.27 bits per heavy atom. The summed E-state index contributed by atoms with van der Waals surface area (Å²) in [4.78, 5) is 10.9. The van der Waals surface area contributed by atoms with Crippen molar-refractivity contribution in [3.05, 3.63) is 35.4 Å². The van der Waals surface area contributed by atoms with Crippen molar-refractivity contribution in [2.45, 2.75) is 26.3 Å². The average Bonchev–Trinajstić information content (AvgIpc) is 2.29. The minimum Gasteiger partial charge on any atom is -0.465 e. The van der Waals surface area contributed by atoms with Crippen LogP contribution in [0.4, 0.5) is 0 Å². The van der Waals surface area contributed by atoms with E-state index in [2.05, 4.69) is 0 Å². The monoisotopic (exact) mass is 207 g/mol. The van der Waals surface area contributed by atoms with Gasteiger partial charge in [-0.05, 0) is 11.1 Å². The fourth-order valence-corrected chi connectivity index (χ4v) is 1.23. The van der Waals surface area contributed by atoms with Crippen LogP contribution in [0.3, 0.4) is 0 Å². The van der Waals surface area contributed by atoms with Gasteiger partial charge in [0.05, 0.1) is 6.61 Å². The van der Waals surface area contributed by atoms with Crippen LogP contribution in [0.25, 0.3) is 0 Å². The zero-order valence-electron chi connectivity index (χ0n) is 9.03. The highest BCUT2D eigenvalue weighted by Gasteiger charge is 1.98. The number of carbonyl (C=O) groups is 1. The first kappa shape index (κ1) is 11.7. The summed E-state index contributed by atoms with van der Waals surface area (Å²) in [5.74, 6) is -0.145. The summed E-state index contributed by atoms with van der Waals surface area (Å²) in [6, 6.07) is 8.03. The zero-order valence-corrected chi connectivity index (χ0v) is 9.03. The number of hydrogen-bond donors (Lipinski definition) is 1. The Bertz CT molecular complexity index is 306. The Morgan fingerprint density at radius 3 is 2.40 bits per heavy atom. The van der Waals surface area contributed by atoms with Crippen LogP contribution < -0.4 is 5.73 Å². The molecule has 0 spiro atoms. The van der Waals surface area contributed by atoms with E-state index in [-0.39, 0.29) is 5.97 Å². The van der Waals surface area contributed by atoms with Gasteiger partial charge in [0.2, 0.25) is 0 Å². The summed E-state index contributed by atoms with van der Waals surface area (Å²) >= 11 is 0. The minimum atomic E-state index is -0.145. The second kappa shape index (κ2) is 6.19. The largest absolute Gasteiger partial charge is 0.465 e. The Morgan fingerprint density at radius 2 is 1.87 bits per heavy atom. The first-order chi connectivity index (χ1) is 7.26. The van der Waals surface area contributed by atoms with E-state index in [1.165, 1.54) is 0 Å². The molecule has 0 bridgehead atoms. The molecule has 0 saturated heterocycles. The maximum Gasteiger partial charge on any atom is 0.305 e. The number of carbonyl (C=O) groups excluding carboxylic acids is 1. The summed E-state index contributed by atoms with van der Waals surface area (Å²) < 4.78 is 4.99. The lowest BCUT2D eigenvalue weighted by Gasteiger charge is -2.04. The molecule has 0 unspecified atom stereocenters. The van der Waals surface area contributed by atoms with Crippen LogP contribution in [0.1, 0.15) is 24.5 Å². The third kappa shape index (κ3) is 4.13. The van der Waals surface area contributed by atoms with Crippen molar-refractivity contribution in [2.75, 3.05) is 6.61 Å². The van der Waals surface area contributed by atoms with Crippen molar-refractivity contribution < 1.29 is 9.53 Å². The lowest BCUT2D eigenvalue weighted by molar-refractivity contribution is -0.143. The van der Waals surface area contributed by atoms with Crippen molar-refractivity contribution in [3.8, 4) is 0 Å². The van der Waals surface area contributed by atoms with Crippen molar-refractivity contribution in [1.29, 1.82) is 0 Å². The molecule has 1 rings (SSSR count). The highest BCUT2D eigenvalue weighted by Crippen LogP contribution is 2.04. The van der Waals surface area contributed by atoms with Gasteiger partial charge in [-0.25, -0.2) is 0 Å². The highest BCUT2D eigenvalue weighted by atomic mass is 16.5. The number of ether oxygens (including phenoxy) is 1. The minimum absolute atomic E-state index is 0.145. The van der Waals surface area contributed by atoms with Crippen molar-refractivity contribution in [2.24, 2.45) is 5.73 Å². The fraction of sp³-hybridized carbons (Fsp3) is 0.417. The molecule has 0 radical (unpaired) electrons. The quantitative estimate of drug-likeness (QED) is 0.747. The molecule has 1 aromatic carbocycles. The maximum absolute atomic E-state index is 10.9. The third-order valence-corrected chi connectivity index (χ3v) is 2.20. The topological polar surface area (TPSA) is 52.3 Å². The molecule has 1 aromatic rings. The molecule has 0 aromatic heterocycles. The molecular formula is C12H17NO2. The molecule has 0 aliphatic heterocycles. The van der Waals surface area contributed by atoms with Crippen LogP contribution in [0.2, 0.25) is 0 Å². The van der Waals surface area contributed by atoms with Crippen molar-refractivity contribution >= 4 is 5.97 Å². The van der Waals surface area contributed by atoms with E-state index >= 15 is 0 Å². The van der Waals surface area contributed by atoms with Gasteiger partial charge in [0.1, 0.15) is 0 Å². The smallest absolute Gasteiger partial charge is 0.305 e. The van der Waals surface area contributed by atoms with Gasteiger partial charge in [0, 0.05) is 19.4 Å². The molecule has 0 aliphatic carbocycles. The molecule has 0 aliphatic rings. The Balaban J connectivity index is 2.34. The molecule has 0 heterocycles. The van der Waals surface area contributed by atoms with E-state index < -0.39 is 0 Å². The van der Waals surface area contributed by atoms with E-state index in [1.807, 2.05) is 24.3 Å². The molecule has 0 fully saturated rings. The van der Waals surface area contributed by atoms with Crippen LogP contribution in [0.15, 0.2) is 24.3 Å². The Hall–Kier alpha value is -1.35. The molecule has 3 heteroatoms. The van der Waals surface area contributed by atoms with Crippen LogP contribution in [0.5, 0.6) is 0 Å². The number of esters is 1. The van der Waals surface area contributed by atoms with E-state index in [0.29, 0.717) is 19.6 Å². The summed E-state index contributed by atoms with van der Waals surface area (Å²) in [5, 5.41) is 0. The summed E-state index contributed by atoms with van der Waals surface area (Å²) in [5.41, 5.74) is 7.77. The average molecular weight is 207 g/mol. The van der Waals surface area contributed by atoms with Gasteiger partial charge < -0.3 is 10.5 Å². The predicted molar refractivity (Wildman–Crippen MR) is 59.3 cm³/mol. The maximum atomic E-state index is 10.9. The lowest BCUT2D eigenvalue weighted by Crippen LogP contribution is -2.06. The van der Waals surface area contributed by atoms with Crippen LogP contribution in [0, 0.1) is 0 Å². The lowest BCUT2D eigenvalue weighted by atomic mass is 10.1. The SMILES string of the molecule is CCC(=O)OCCc1ccc(CN)cc1. The first-order valence-electron chi connectivity index (χ1n) is 5.19. The van der Waals surface area contributed by atoms with Gasteiger partial charge in [0.15, 0.2) is 0 Å². The zero-order chi connectivity index (χ0) is 11.1. The molecule has 0 atom stereocenters. The molecule has 82 valence electrons. The van der Waals surface area contributed by atoms with E-state index in [1.54, 1.807) is 6.92 Å². The van der Waals surface area contributed by atoms with E-state index in [4.69, 9.17) is 10.5 Å². The fourth-order valence-electron chi connectivity index (χ4n) is 1.23. The number of hydrogen-bond acceptors (Lipinski definition) is 3. The van der Waals surface area contributed by atoms with Gasteiger partial charge in [-0.15, -0.1) is 0 Å². The van der Waals surface area contributed by atoms with Gasteiger partial charge in [-0.1, -0.05) is 31.2 Å². The summed E-state index contributed by atoms with van der Waals surface area (Å²) in [6.07, 6.45) is 1.20. The Labute approximate surface area is 90.2 Å². The van der Waals surface area contributed by atoms with Gasteiger partial charge in [-0.3, -0.25) is 4.79 Å². The molecular weight excluding hydrogens is 190 g/mol. The van der Waals surface area contributed by atoms with Crippen molar-refractivity contribution in [1.82, 2.24) is 0 Å². The molecule has 0 amide bonds. The second-order valence-electron chi connectivity index (χ2n) is 3.34. The van der Waals surface area contributed by atoms with Gasteiger partial charge in [-0.2, -0.15) is 0 Å². The summed E-state index contributed by atoms with van der Waals surface area (Å²) in [7, 11) is 0.